The highest BCUT2D eigenvalue weighted by atomic mass is 16.6. The van der Waals surface area contributed by atoms with Crippen molar-refractivity contribution < 1.29 is 24.2 Å². The van der Waals surface area contributed by atoms with Crippen molar-refractivity contribution in [3.05, 3.63) is 36.6 Å². The Morgan fingerprint density at radius 3 is 2.61 bits per heavy atom. The molecule has 94 valence electrons. The van der Waals surface area contributed by atoms with E-state index in [0.29, 0.717) is 0 Å². The van der Waals surface area contributed by atoms with Gasteiger partial charge in [0.15, 0.2) is 17.0 Å². The van der Waals surface area contributed by atoms with Gasteiger partial charge >= 0.3 is 5.97 Å². The number of carbonyl (C=O) groups is 3. The van der Waals surface area contributed by atoms with Crippen LogP contribution in [0.2, 0.25) is 0 Å². The van der Waals surface area contributed by atoms with Crippen LogP contribution in [-0.4, -0.2) is 28.7 Å². The van der Waals surface area contributed by atoms with Gasteiger partial charge in [0.1, 0.15) is 6.10 Å². The van der Waals surface area contributed by atoms with E-state index in [-0.39, 0.29) is 5.76 Å². The minimum atomic E-state index is -1.91. The van der Waals surface area contributed by atoms with E-state index in [1.807, 2.05) is 0 Å². The van der Waals surface area contributed by atoms with E-state index in [9.17, 15) is 19.5 Å². The van der Waals surface area contributed by atoms with Crippen LogP contribution in [0.3, 0.4) is 0 Å². The summed E-state index contributed by atoms with van der Waals surface area (Å²) in [7, 11) is 0. The smallest absolute Gasteiger partial charge is 0.329 e. The zero-order valence-corrected chi connectivity index (χ0v) is 9.75. The SMILES string of the molecule is C=C1OC(=O)C2(C1=O)C(C=CC)C=CC(=O)C2O. The summed E-state index contributed by atoms with van der Waals surface area (Å²) in [4.78, 5) is 35.6. The Bertz CT molecular complexity index is 513. The van der Waals surface area contributed by atoms with Gasteiger partial charge in [0.2, 0.25) is 5.78 Å². The lowest BCUT2D eigenvalue weighted by Gasteiger charge is -2.34. The van der Waals surface area contributed by atoms with Crippen molar-refractivity contribution in [2.75, 3.05) is 0 Å². The molecule has 1 fully saturated rings. The number of ether oxygens (including phenoxy) is 1. The van der Waals surface area contributed by atoms with Crippen LogP contribution in [0.5, 0.6) is 0 Å². The number of cyclic esters (lactones) is 1. The van der Waals surface area contributed by atoms with Gasteiger partial charge in [0.25, 0.3) is 0 Å². The Balaban J connectivity index is 2.65. The number of carbonyl (C=O) groups excluding carboxylic acids is 3. The van der Waals surface area contributed by atoms with Crippen molar-refractivity contribution in [3.8, 4) is 0 Å². The fourth-order valence-electron chi connectivity index (χ4n) is 2.36. The molecule has 0 aromatic carbocycles. The van der Waals surface area contributed by atoms with Gasteiger partial charge in [-0.1, -0.05) is 24.8 Å². The number of allylic oxidation sites excluding steroid dienone is 4. The molecule has 2 rings (SSSR count). The number of aliphatic hydroxyl groups is 1. The topological polar surface area (TPSA) is 80.7 Å². The van der Waals surface area contributed by atoms with Crippen molar-refractivity contribution in [2.24, 2.45) is 11.3 Å². The Hall–Kier alpha value is -2.01. The average Bonchev–Trinajstić information content (AvgIpc) is 2.54. The molecule has 1 N–H and O–H groups in total. The maximum Gasteiger partial charge on any atom is 0.329 e. The molecule has 1 spiro atoms. The summed E-state index contributed by atoms with van der Waals surface area (Å²) in [5.74, 6) is -3.39. The molecule has 3 unspecified atom stereocenters. The van der Waals surface area contributed by atoms with E-state index in [1.165, 1.54) is 12.2 Å². The number of rotatable bonds is 1. The van der Waals surface area contributed by atoms with Crippen molar-refractivity contribution in [3.63, 3.8) is 0 Å². The van der Waals surface area contributed by atoms with Gasteiger partial charge in [-0.2, -0.15) is 0 Å². The van der Waals surface area contributed by atoms with E-state index in [1.54, 1.807) is 19.1 Å². The number of aliphatic hydroxyl groups excluding tert-OH is 1. The van der Waals surface area contributed by atoms with E-state index < -0.39 is 35.0 Å². The minimum Gasteiger partial charge on any atom is -0.422 e. The Morgan fingerprint density at radius 1 is 1.44 bits per heavy atom. The molecule has 0 aromatic heterocycles. The first kappa shape index (κ1) is 12.4. The molecule has 18 heavy (non-hydrogen) atoms. The molecule has 0 saturated carbocycles. The Labute approximate surface area is 103 Å². The monoisotopic (exact) mass is 248 g/mol. The lowest BCUT2D eigenvalue weighted by Crippen LogP contribution is -2.54. The Morgan fingerprint density at radius 2 is 2.11 bits per heavy atom. The van der Waals surface area contributed by atoms with E-state index in [0.717, 1.165) is 0 Å². The number of esters is 1. The second kappa shape index (κ2) is 4.03. The first-order valence-electron chi connectivity index (χ1n) is 5.45. The zero-order chi connectivity index (χ0) is 13.5. The van der Waals surface area contributed by atoms with Gasteiger partial charge < -0.3 is 9.84 Å². The molecule has 0 bridgehead atoms. The molecule has 1 heterocycles. The van der Waals surface area contributed by atoms with Crippen LogP contribution < -0.4 is 0 Å². The molecule has 5 heteroatoms. The summed E-state index contributed by atoms with van der Waals surface area (Å²) in [5.41, 5.74) is -1.91. The maximum atomic E-state index is 12.1. The van der Waals surface area contributed by atoms with Crippen LogP contribution in [0.25, 0.3) is 0 Å². The lowest BCUT2D eigenvalue weighted by molar-refractivity contribution is -0.160. The predicted molar refractivity (Wildman–Crippen MR) is 61.1 cm³/mol. The molecule has 2 aliphatic rings. The molecule has 5 nitrogen and oxygen atoms in total. The van der Waals surface area contributed by atoms with Gasteiger partial charge in [-0.25, -0.2) is 0 Å². The zero-order valence-electron chi connectivity index (χ0n) is 9.75. The molecule has 1 aliphatic carbocycles. The van der Waals surface area contributed by atoms with Gasteiger partial charge in [-0.3, -0.25) is 14.4 Å². The first-order chi connectivity index (χ1) is 8.46. The average molecular weight is 248 g/mol. The standard InChI is InChI=1S/C13H12O5/c1-3-4-8-5-6-9(14)11(16)13(8)10(15)7(2)18-12(13)17/h3-6,8,11,16H,2H2,1H3. The van der Waals surface area contributed by atoms with Crippen molar-refractivity contribution >= 4 is 17.5 Å². The van der Waals surface area contributed by atoms with Crippen molar-refractivity contribution in [2.45, 2.75) is 13.0 Å². The fourth-order valence-corrected chi connectivity index (χ4v) is 2.36. The third-order valence-corrected chi connectivity index (χ3v) is 3.28. The van der Waals surface area contributed by atoms with Crippen LogP contribution >= 0.6 is 0 Å². The maximum absolute atomic E-state index is 12.1. The normalized spacial score (nSPS) is 35.9. The molecule has 0 radical (unpaired) electrons. The van der Waals surface area contributed by atoms with Gasteiger partial charge in [-0.05, 0) is 13.0 Å². The van der Waals surface area contributed by atoms with Crippen LogP contribution in [-0.2, 0) is 19.1 Å². The minimum absolute atomic E-state index is 0.336. The summed E-state index contributed by atoms with van der Waals surface area (Å²) in [6.45, 7) is 5.04. The van der Waals surface area contributed by atoms with Gasteiger partial charge in [-0.15, -0.1) is 0 Å². The van der Waals surface area contributed by atoms with Crippen molar-refractivity contribution in [1.82, 2.24) is 0 Å². The summed E-state index contributed by atoms with van der Waals surface area (Å²) in [5, 5.41) is 9.99. The summed E-state index contributed by atoms with van der Waals surface area (Å²) >= 11 is 0. The third kappa shape index (κ3) is 1.34. The number of hydrogen-bond acceptors (Lipinski definition) is 5. The van der Waals surface area contributed by atoms with Crippen LogP contribution in [0.15, 0.2) is 36.6 Å². The second-order valence-corrected chi connectivity index (χ2v) is 4.23. The number of hydrogen-bond donors (Lipinski definition) is 1. The van der Waals surface area contributed by atoms with Crippen LogP contribution in [0.1, 0.15) is 6.92 Å². The van der Waals surface area contributed by atoms with E-state index >= 15 is 0 Å². The van der Waals surface area contributed by atoms with Gasteiger partial charge in [0.05, 0.1) is 0 Å². The fraction of sp³-hybridized carbons (Fsp3) is 0.308. The molecule has 1 aliphatic heterocycles. The summed E-state index contributed by atoms with van der Waals surface area (Å²) in [6, 6.07) is 0. The second-order valence-electron chi connectivity index (χ2n) is 4.23. The number of ketones is 2. The molecular formula is C13H12O5. The van der Waals surface area contributed by atoms with Crippen LogP contribution in [0, 0.1) is 11.3 Å². The van der Waals surface area contributed by atoms with E-state index in [4.69, 9.17) is 4.74 Å². The summed E-state index contributed by atoms with van der Waals surface area (Å²) < 4.78 is 4.70. The highest BCUT2D eigenvalue weighted by Gasteiger charge is 2.65. The molecule has 3 atom stereocenters. The van der Waals surface area contributed by atoms with Crippen LogP contribution in [0.4, 0.5) is 0 Å². The lowest BCUT2D eigenvalue weighted by atomic mass is 9.65. The quantitative estimate of drug-likeness (QED) is 0.312. The largest absolute Gasteiger partial charge is 0.422 e. The van der Waals surface area contributed by atoms with Crippen molar-refractivity contribution in [1.29, 1.82) is 0 Å². The molecule has 0 amide bonds. The molecular weight excluding hydrogens is 236 g/mol. The molecule has 0 aromatic rings. The third-order valence-electron chi connectivity index (χ3n) is 3.28. The van der Waals surface area contributed by atoms with E-state index in [2.05, 4.69) is 6.58 Å². The highest BCUT2D eigenvalue weighted by Crippen LogP contribution is 2.45. The first-order valence-corrected chi connectivity index (χ1v) is 5.45. The molecule has 1 saturated heterocycles. The number of Topliss-reactive ketones (excluding diaryl/α,β-unsaturated/α-hetero) is 1. The van der Waals surface area contributed by atoms with Gasteiger partial charge in [0, 0.05) is 5.92 Å². The predicted octanol–water partition coefficient (Wildman–Crippen LogP) is 0.304. The summed E-state index contributed by atoms with van der Waals surface area (Å²) in [6.07, 6.45) is 4.07. The Kier molecular flexibility index (Phi) is 2.78. The highest BCUT2D eigenvalue weighted by molar-refractivity contribution is 6.21.